The van der Waals surface area contributed by atoms with Gasteiger partial charge in [-0.2, -0.15) is 0 Å². The number of para-hydroxylation sites is 1. The van der Waals surface area contributed by atoms with Gasteiger partial charge in [0.2, 0.25) is 17.7 Å². The normalized spacial score (nSPS) is 26.7. The number of benzene rings is 1. The van der Waals surface area contributed by atoms with Crippen LogP contribution in [-0.4, -0.2) is 93.3 Å². The Morgan fingerprint density at radius 3 is 2.52 bits per heavy atom. The number of hydrogen-bond donors (Lipinski definition) is 1. The van der Waals surface area contributed by atoms with Gasteiger partial charge in [0.1, 0.15) is 6.04 Å². The maximum absolute atomic E-state index is 13.2. The van der Waals surface area contributed by atoms with Gasteiger partial charge in [0.15, 0.2) is 0 Å². The monoisotopic (exact) mass is 462 g/mol. The van der Waals surface area contributed by atoms with Crippen LogP contribution in [0.3, 0.4) is 0 Å². The van der Waals surface area contributed by atoms with Crippen LogP contribution in [0.5, 0.6) is 0 Å². The van der Waals surface area contributed by atoms with E-state index in [1.807, 2.05) is 41.8 Å². The Morgan fingerprint density at radius 1 is 1.16 bits per heavy atom. The number of rotatable bonds is 4. The smallest absolute Gasteiger partial charge is 0.246 e. The van der Waals surface area contributed by atoms with Gasteiger partial charge in [-0.15, -0.1) is 23.5 Å². The molecule has 0 unspecified atom stereocenters. The average Bonchev–Trinajstić information content (AvgIpc) is 3.09. The molecule has 1 N–H and O–H groups in total. The van der Waals surface area contributed by atoms with Crippen molar-refractivity contribution in [3.8, 4) is 0 Å². The van der Waals surface area contributed by atoms with Crippen molar-refractivity contribution in [1.82, 2.24) is 14.7 Å². The zero-order valence-electron chi connectivity index (χ0n) is 18.3. The molecule has 2 atom stereocenters. The summed E-state index contributed by atoms with van der Waals surface area (Å²) in [7, 11) is 0. The van der Waals surface area contributed by atoms with Crippen molar-refractivity contribution < 1.29 is 14.4 Å². The van der Waals surface area contributed by atoms with Crippen molar-refractivity contribution in [3.63, 3.8) is 0 Å². The first-order chi connectivity index (χ1) is 14.8. The second kappa shape index (κ2) is 9.03. The Kier molecular flexibility index (Phi) is 6.55. The van der Waals surface area contributed by atoms with Crippen LogP contribution in [0.4, 0.5) is 5.69 Å². The molecule has 3 fully saturated rings. The molecule has 3 aliphatic rings. The van der Waals surface area contributed by atoms with Gasteiger partial charge in [-0.1, -0.05) is 18.2 Å². The zero-order chi connectivity index (χ0) is 22.2. The molecule has 31 heavy (non-hydrogen) atoms. The summed E-state index contributed by atoms with van der Waals surface area (Å²) in [5.41, 5.74) is 2.99. The van der Waals surface area contributed by atoms with E-state index in [-0.39, 0.29) is 28.6 Å². The molecule has 7 nitrogen and oxygen atoms in total. The van der Waals surface area contributed by atoms with Gasteiger partial charge >= 0.3 is 0 Å². The Balaban J connectivity index is 1.30. The van der Waals surface area contributed by atoms with E-state index in [4.69, 9.17) is 0 Å². The van der Waals surface area contributed by atoms with E-state index in [2.05, 4.69) is 17.1 Å². The number of piperazine rings is 1. The first-order valence-electron chi connectivity index (χ1n) is 10.7. The number of nitrogens with zero attached hydrogens (tertiary/aromatic N) is 3. The van der Waals surface area contributed by atoms with Crippen LogP contribution in [-0.2, 0) is 14.4 Å². The van der Waals surface area contributed by atoms with Crippen molar-refractivity contribution in [2.75, 3.05) is 55.3 Å². The fourth-order valence-corrected chi connectivity index (χ4v) is 7.28. The molecule has 0 saturated carbocycles. The van der Waals surface area contributed by atoms with Crippen molar-refractivity contribution in [2.24, 2.45) is 0 Å². The minimum Gasteiger partial charge on any atom is -0.338 e. The summed E-state index contributed by atoms with van der Waals surface area (Å²) < 4.78 is 0. The Labute approximate surface area is 192 Å². The Morgan fingerprint density at radius 2 is 1.84 bits per heavy atom. The number of carbonyl (C=O) groups is 3. The van der Waals surface area contributed by atoms with Crippen molar-refractivity contribution >= 4 is 46.9 Å². The molecule has 0 spiro atoms. The van der Waals surface area contributed by atoms with E-state index in [1.54, 1.807) is 23.5 Å². The predicted molar refractivity (Wildman–Crippen MR) is 126 cm³/mol. The van der Waals surface area contributed by atoms with Crippen molar-refractivity contribution in [3.05, 3.63) is 29.3 Å². The highest BCUT2D eigenvalue weighted by molar-refractivity contribution is 8.04. The van der Waals surface area contributed by atoms with Gasteiger partial charge in [0.05, 0.1) is 17.2 Å². The lowest BCUT2D eigenvalue weighted by atomic mass is 10.1. The summed E-state index contributed by atoms with van der Waals surface area (Å²) >= 11 is 3.37. The molecule has 3 amide bonds. The van der Waals surface area contributed by atoms with Crippen LogP contribution in [0, 0.1) is 13.8 Å². The van der Waals surface area contributed by atoms with E-state index in [0.29, 0.717) is 44.2 Å². The molecular formula is C22H30N4O3S2. The maximum Gasteiger partial charge on any atom is 0.246 e. The van der Waals surface area contributed by atoms with Crippen LogP contribution >= 0.6 is 23.5 Å². The zero-order valence-corrected chi connectivity index (χ0v) is 20.0. The topological polar surface area (TPSA) is 73.0 Å². The molecule has 3 aliphatic heterocycles. The number of thioether (sulfide) groups is 2. The van der Waals surface area contributed by atoms with Crippen LogP contribution in [0.1, 0.15) is 18.1 Å². The summed E-state index contributed by atoms with van der Waals surface area (Å²) in [6.07, 6.45) is 0. The number of anilines is 1. The first-order valence-corrected chi connectivity index (χ1v) is 12.8. The standard InChI is InChI=1S/C22H30N4O3S2/c1-15-5-4-6-16(2)20(15)23-18(27)11-24-7-9-25(10-8-24)21(29)17-12-31-22(3)14-30-13-19(28)26(17)22/h4-6,17H,7-14H2,1-3H3,(H,23,27)/t17-,22-/m1/s1. The lowest BCUT2D eigenvalue weighted by molar-refractivity contribution is -0.146. The van der Waals surface area contributed by atoms with Crippen LogP contribution in [0.25, 0.3) is 0 Å². The average molecular weight is 463 g/mol. The highest BCUT2D eigenvalue weighted by atomic mass is 32.2. The molecule has 9 heteroatoms. The summed E-state index contributed by atoms with van der Waals surface area (Å²) in [5, 5.41) is 3.03. The summed E-state index contributed by atoms with van der Waals surface area (Å²) in [5.74, 6) is 2.09. The van der Waals surface area contributed by atoms with Crippen LogP contribution < -0.4 is 5.32 Å². The van der Waals surface area contributed by atoms with Crippen LogP contribution in [0.2, 0.25) is 0 Å². The molecule has 4 rings (SSSR count). The summed E-state index contributed by atoms with van der Waals surface area (Å²) in [6.45, 7) is 8.86. The van der Waals surface area contributed by atoms with Gasteiger partial charge in [-0.25, -0.2) is 0 Å². The van der Waals surface area contributed by atoms with Gasteiger partial charge < -0.3 is 15.1 Å². The first kappa shape index (κ1) is 22.5. The van der Waals surface area contributed by atoms with E-state index in [1.165, 1.54) is 0 Å². The van der Waals surface area contributed by atoms with E-state index in [0.717, 1.165) is 22.6 Å². The lowest BCUT2D eigenvalue weighted by Gasteiger charge is -2.42. The fraction of sp³-hybridized carbons (Fsp3) is 0.591. The number of amides is 3. The second-order valence-corrected chi connectivity index (χ2v) is 11.2. The minimum atomic E-state index is -0.359. The minimum absolute atomic E-state index is 0.0310. The number of fused-ring (bicyclic) bond motifs is 1. The quantitative estimate of drug-likeness (QED) is 0.736. The predicted octanol–water partition coefficient (Wildman–Crippen LogP) is 1.79. The highest BCUT2D eigenvalue weighted by Gasteiger charge is 2.52. The number of aryl methyl sites for hydroxylation is 2. The van der Waals surface area contributed by atoms with Crippen molar-refractivity contribution in [1.29, 1.82) is 0 Å². The van der Waals surface area contributed by atoms with Crippen molar-refractivity contribution in [2.45, 2.75) is 31.7 Å². The second-order valence-electron chi connectivity index (χ2n) is 8.67. The molecule has 168 valence electrons. The molecule has 3 heterocycles. The molecule has 0 aromatic heterocycles. The highest BCUT2D eigenvalue weighted by Crippen LogP contribution is 2.44. The molecule has 3 saturated heterocycles. The Hall–Kier alpha value is -1.71. The van der Waals surface area contributed by atoms with Gasteiger partial charge in [-0.05, 0) is 31.9 Å². The number of hydrogen-bond acceptors (Lipinski definition) is 6. The van der Waals surface area contributed by atoms with Crippen LogP contribution in [0.15, 0.2) is 18.2 Å². The summed E-state index contributed by atoms with van der Waals surface area (Å²) in [6, 6.07) is 5.61. The number of nitrogens with one attached hydrogen (secondary N) is 1. The molecular weight excluding hydrogens is 432 g/mol. The van der Waals surface area contributed by atoms with E-state index < -0.39 is 0 Å². The third-order valence-corrected chi connectivity index (χ3v) is 9.16. The van der Waals surface area contributed by atoms with Gasteiger partial charge in [0, 0.05) is 43.4 Å². The SMILES string of the molecule is Cc1cccc(C)c1NC(=O)CN1CCN(C(=O)[C@H]2CS[C@]3(C)CSCC(=O)N23)CC1. The van der Waals surface area contributed by atoms with Gasteiger partial charge in [-0.3, -0.25) is 19.3 Å². The fourth-order valence-electron chi connectivity index (χ4n) is 4.59. The molecule has 0 aliphatic carbocycles. The molecule has 0 bridgehead atoms. The maximum atomic E-state index is 13.2. The number of carbonyl (C=O) groups excluding carboxylic acids is 3. The molecule has 0 radical (unpaired) electrons. The Bertz CT molecular complexity index is 867. The summed E-state index contributed by atoms with van der Waals surface area (Å²) in [4.78, 5) is 43.8. The van der Waals surface area contributed by atoms with E-state index in [9.17, 15) is 14.4 Å². The molecule has 1 aromatic carbocycles. The largest absolute Gasteiger partial charge is 0.338 e. The molecule has 1 aromatic rings. The third kappa shape index (κ3) is 4.59. The van der Waals surface area contributed by atoms with Gasteiger partial charge in [0.25, 0.3) is 0 Å². The lowest BCUT2D eigenvalue weighted by Crippen LogP contribution is -2.60. The third-order valence-electron chi connectivity index (χ3n) is 6.32. The van der Waals surface area contributed by atoms with E-state index >= 15 is 0 Å².